The van der Waals surface area contributed by atoms with Crippen LogP contribution >= 0.6 is 0 Å². The summed E-state index contributed by atoms with van der Waals surface area (Å²) in [6.45, 7) is 3.88. The maximum atomic E-state index is 8.50. The van der Waals surface area contributed by atoms with Gasteiger partial charge in [0, 0.05) is 31.4 Å². The molecule has 96 valence electrons. The number of nitrogens with zero attached hydrogens (tertiary/aromatic N) is 3. The molecule has 0 aliphatic heterocycles. The summed E-state index contributed by atoms with van der Waals surface area (Å²) in [4.78, 5) is 0. The SMILES string of the molecule is CCC(C/C(N)=N/O)NCCCn1cccn1. The fourth-order valence-electron chi connectivity index (χ4n) is 1.63. The minimum absolute atomic E-state index is 0.267. The van der Waals surface area contributed by atoms with Crippen LogP contribution < -0.4 is 11.1 Å². The van der Waals surface area contributed by atoms with Crippen molar-refractivity contribution < 1.29 is 5.21 Å². The highest BCUT2D eigenvalue weighted by molar-refractivity contribution is 5.80. The van der Waals surface area contributed by atoms with Crippen molar-refractivity contribution in [3.05, 3.63) is 18.5 Å². The zero-order valence-corrected chi connectivity index (χ0v) is 10.2. The molecule has 1 aromatic rings. The standard InChI is InChI=1S/C11H21N5O/c1-2-10(9-11(12)15-17)13-5-3-7-16-8-4-6-14-16/h4,6,8,10,13,17H,2-3,5,7,9H2,1H3,(H2,12,15). The zero-order chi connectivity index (χ0) is 12.5. The summed E-state index contributed by atoms with van der Waals surface area (Å²) < 4.78 is 1.91. The van der Waals surface area contributed by atoms with Gasteiger partial charge in [0.1, 0.15) is 5.84 Å². The molecule has 0 bridgehead atoms. The predicted octanol–water partition coefficient (Wildman–Crippen LogP) is 0.778. The molecule has 0 saturated heterocycles. The topological polar surface area (TPSA) is 88.5 Å². The van der Waals surface area contributed by atoms with Crippen LogP contribution in [0.2, 0.25) is 0 Å². The van der Waals surface area contributed by atoms with Gasteiger partial charge in [-0.2, -0.15) is 5.10 Å². The summed E-state index contributed by atoms with van der Waals surface area (Å²) in [6, 6.07) is 2.18. The predicted molar refractivity (Wildman–Crippen MR) is 67.0 cm³/mol. The Morgan fingerprint density at radius 1 is 1.65 bits per heavy atom. The number of hydrogen-bond acceptors (Lipinski definition) is 4. The molecular weight excluding hydrogens is 218 g/mol. The van der Waals surface area contributed by atoms with Crippen molar-refractivity contribution in [3.8, 4) is 0 Å². The maximum absolute atomic E-state index is 8.50. The first-order valence-electron chi connectivity index (χ1n) is 5.93. The van der Waals surface area contributed by atoms with Crippen LogP contribution in [-0.4, -0.2) is 33.4 Å². The van der Waals surface area contributed by atoms with Gasteiger partial charge in [-0.3, -0.25) is 4.68 Å². The lowest BCUT2D eigenvalue weighted by Gasteiger charge is -2.15. The van der Waals surface area contributed by atoms with Crippen molar-refractivity contribution in [2.75, 3.05) is 6.54 Å². The normalized spacial score (nSPS) is 13.8. The Bertz CT molecular complexity index is 323. The van der Waals surface area contributed by atoms with Crippen LogP contribution in [0.1, 0.15) is 26.2 Å². The Hall–Kier alpha value is -1.56. The number of rotatable bonds is 8. The van der Waals surface area contributed by atoms with Gasteiger partial charge in [0.05, 0.1) is 0 Å². The van der Waals surface area contributed by atoms with E-state index < -0.39 is 0 Å². The molecule has 0 spiro atoms. The molecule has 0 aromatic carbocycles. The van der Waals surface area contributed by atoms with Crippen LogP contribution in [0.4, 0.5) is 0 Å². The molecule has 1 rings (SSSR count). The van der Waals surface area contributed by atoms with Crippen LogP contribution in [0.3, 0.4) is 0 Å². The molecule has 1 heterocycles. The number of oxime groups is 1. The summed E-state index contributed by atoms with van der Waals surface area (Å²) in [5.74, 6) is 0.274. The molecule has 0 fully saturated rings. The Morgan fingerprint density at radius 2 is 2.47 bits per heavy atom. The van der Waals surface area contributed by atoms with E-state index in [1.165, 1.54) is 0 Å². The molecule has 0 radical (unpaired) electrons. The quantitative estimate of drug-likeness (QED) is 0.206. The Labute approximate surface area is 101 Å². The zero-order valence-electron chi connectivity index (χ0n) is 10.2. The Balaban J connectivity index is 2.15. The fourth-order valence-corrected chi connectivity index (χ4v) is 1.63. The molecule has 0 aliphatic rings. The largest absolute Gasteiger partial charge is 0.409 e. The minimum Gasteiger partial charge on any atom is -0.409 e. The minimum atomic E-state index is 0.267. The van der Waals surface area contributed by atoms with Gasteiger partial charge in [0.25, 0.3) is 0 Å². The number of hydrogen-bond donors (Lipinski definition) is 3. The van der Waals surface area contributed by atoms with Gasteiger partial charge in [0.15, 0.2) is 0 Å². The molecule has 0 amide bonds. The van der Waals surface area contributed by atoms with Crippen LogP contribution in [0.25, 0.3) is 0 Å². The van der Waals surface area contributed by atoms with Gasteiger partial charge >= 0.3 is 0 Å². The fraction of sp³-hybridized carbons (Fsp3) is 0.636. The number of nitrogens with two attached hydrogens (primary N) is 1. The smallest absolute Gasteiger partial charge is 0.140 e. The van der Waals surface area contributed by atoms with E-state index in [9.17, 15) is 0 Å². The average Bonchev–Trinajstić information content (AvgIpc) is 2.85. The van der Waals surface area contributed by atoms with Gasteiger partial charge < -0.3 is 16.3 Å². The lowest BCUT2D eigenvalue weighted by atomic mass is 10.1. The monoisotopic (exact) mass is 239 g/mol. The average molecular weight is 239 g/mol. The third-order valence-electron chi connectivity index (χ3n) is 2.63. The van der Waals surface area contributed by atoms with Gasteiger partial charge in [-0.1, -0.05) is 12.1 Å². The first kappa shape index (κ1) is 13.5. The Kier molecular flexibility index (Phi) is 6.09. The molecule has 6 heteroatoms. The second-order valence-electron chi connectivity index (χ2n) is 3.98. The molecular formula is C11H21N5O. The molecule has 6 nitrogen and oxygen atoms in total. The summed E-state index contributed by atoms with van der Waals surface area (Å²) in [5.41, 5.74) is 5.48. The van der Waals surface area contributed by atoms with E-state index >= 15 is 0 Å². The van der Waals surface area contributed by atoms with E-state index in [0.29, 0.717) is 6.42 Å². The van der Waals surface area contributed by atoms with Crippen molar-refractivity contribution in [2.45, 2.75) is 38.8 Å². The molecule has 4 N–H and O–H groups in total. The first-order valence-corrected chi connectivity index (χ1v) is 5.93. The van der Waals surface area contributed by atoms with Crippen LogP contribution in [0, 0.1) is 0 Å². The first-order chi connectivity index (χ1) is 8.26. The van der Waals surface area contributed by atoms with E-state index in [1.807, 2.05) is 16.9 Å². The van der Waals surface area contributed by atoms with E-state index in [1.54, 1.807) is 6.20 Å². The molecule has 1 aromatic heterocycles. The highest BCUT2D eigenvalue weighted by Crippen LogP contribution is 1.98. The van der Waals surface area contributed by atoms with E-state index in [2.05, 4.69) is 22.5 Å². The summed E-state index contributed by atoms with van der Waals surface area (Å²) in [5, 5.41) is 19.0. The molecule has 1 atom stereocenters. The second kappa shape index (κ2) is 7.67. The van der Waals surface area contributed by atoms with E-state index in [4.69, 9.17) is 10.9 Å². The second-order valence-corrected chi connectivity index (χ2v) is 3.98. The van der Waals surface area contributed by atoms with Gasteiger partial charge in [-0.05, 0) is 25.5 Å². The third kappa shape index (κ3) is 5.35. The third-order valence-corrected chi connectivity index (χ3v) is 2.63. The van der Waals surface area contributed by atoms with Gasteiger partial charge in [-0.15, -0.1) is 0 Å². The van der Waals surface area contributed by atoms with Crippen LogP contribution in [0.5, 0.6) is 0 Å². The number of nitrogens with one attached hydrogen (secondary N) is 1. The Morgan fingerprint density at radius 3 is 3.06 bits per heavy atom. The number of amidine groups is 1. The van der Waals surface area contributed by atoms with Crippen molar-refractivity contribution in [1.82, 2.24) is 15.1 Å². The summed E-state index contributed by atoms with van der Waals surface area (Å²) in [7, 11) is 0. The lowest BCUT2D eigenvalue weighted by molar-refractivity contribution is 0.315. The van der Waals surface area contributed by atoms with Crippen LogP contribution in [-0.2, 0) is 6.54 Å². The molecule has 0 aliphatic carbocycles. The van der Waals surface area contributed by atoms with Crippen molar-refractivity contribution in [3.63, 3.8) is 0 Å². The van der Waals surface area contributed by atoms with Crippen LogP contribution in [0.15, 0.2) is 23.6 Å². The lowest BCUT2D eigenvalue weighted by Crippen LogP contribution is -2.34. The maximum Gasteiger partial charge on any atom is 0.140 e. The van der Waals surface area contributed by atoms with E-state index in [0.717, 1.165) is 25.9 Å². The molecule has 17 heavy (non-hydrogen) atoms. The van der Waals surface area contributed by atoms with Crippen molar-refractivity contribution >= 4 is 5.84 Å². The summed E-state index contributed by atoms with van der Waals surface area (Å²) in [6.07, 6.45) is 6.27. The van der Waals surface area contributed by atoms with Crippen molar-refractivity contribution in [1.29, 1.82) is 0 Å². The van der Waals surface area contributed by atoms with Gasteiger partial charge in [0.2, 0.25) is 0 Å². The molecule has 1 unspecified atom stereocenters. The highest BCUT2D eigenvalue weighted by Gasteiger charge is 2.07. The summed E-state index contributed by atoms with van der Waals surface area (Å²) >= 11 is 0. The molecule has 0 saturated carbocycles. The van der Waals surface area contributed by atoms with E-state index in [-0.39, 0.29) is 11.9 Å². The number of aromatic nitrogens is 2. The number of aryl methyl sites for hydroxylation is 1. The van der Waals surface area contributed by atoms with Gasteiger partial charge in [-0.25, -0.2) is 0 Å². The highest BCUT2D eigenvalue weighted by atomic mass is 16.4. The van der Waals surface area contributed by atoms with Crippen molar-refractivity contribution in [2.24, 2.45) is 10.9 Å².